The molecule has 0 aliphatic rings. The Hall–Kier alpha value is -3.48. The molecule has 0 fully saturated rings. The average Bonchev–Trinajstić information content (AvgIpc) is 2.63. The molecule has 0 bridgehead atoms. The van der Waals surface area contributed by atoms with Crippen molar-refractivity contribution in [3.05, 3.63) is 71.8 Å². The van der Waals surface area contributed by atoms with Crippen LogP contribution in [0.1, 0.15) is 10.4 Å². The topological polar surface area (TPSA) is 75.6 Å². The molecule has 3 aromatic rings. The summed E-state index contributed by atoms with van der Waals surface area (Å²) < 4.78 is 31.8. The first-order valence-electron chi connectivity index (χ1n) is 7.59. The number of halogens is 2. The van der Waals surface area contributed by atoms with Crippen LogP contribution in [0.25, 0.3) is 10.8 Å². The summed E-state index contributed by atoms with van der Waals surface area (Å²) in [5, 5.41) is 13.4. The van der Waals surface area contributed by atoms with Crippen molar-refractivity contribution >= 4 is 28.3 Å². The zero-order valence-corrected chi connectivity index (χ0v) is 13.3. The Morgan fingerprint density at radius 2 is 1.65 bits per heavy atom. The molecule has 1 amide bonds. The molecule has 0 aliphatic heterocycles. The van der Waals surface area contributed by atoms with Gasteiger partial charge in [0.15, 0.2) is 6.61 Å². The fraction of sp³-hybridized carbons (Fsp3) is 0.0526. The molecule has 0 heterocycles. The molecular weight excluding hydrogens is 344 g/mol. The second kappa shape index (κ2) is 7.18. The number of fused-ring (bicyclic) bond motifs is 1. The summed E-state index contributed by atoms with van der Waals surface area (Å²) in [6.45, 7) is -0.765. The van der Waals surface area contributed by atoms with E-state index in [1.165, 1.54) is 6.07 Å². The molecule has 0 aromatic heterocycles. The molecular formula is C19H13F2NO4. The Balaban J connectivity index is 1.69. The molecule has 3 aromatic carbocycles. The number of hydrogen-bond acceptors (Lipinski definition) is 4. The van der Waals surface area contributed by atoms with Crippen LogP contribution in [0.15, 0.2) is 54.6 Å². The Kier molecular flexibility index (Phi) is 4.79. The maximum Gasteiger partial charge on any atom is 0.342 e. The van der Waals surface area contributed by atoms with Crippen molar-refractivity contribution in [3.63, 3.8) is 0 Å². The Morgan fingerprint density at radius 1 is 0.962 bits per heavy atom. The van der Waals surface area contributed by atoms with Gasteiger partial charge in [0.25, 0.3) is 5.91 Å². The number of rotatable bonds is 4. The molecule has 5 nitrogen and oxygen atoms in total. The largest absolute Gasteiger partial charge is 0.506 e. The number of nitrogens with one attached hydrogen (secondary N) is 1. The van der Waals surface area contributed by atoms with Gasteiger partial charge in [-0.2, -0.15) is 0 Å². The van der Waals surface area contributed by atoms with Crippen LogP contribution >= 0.6 is 0 Å². The van der Waals surface area contributed by atoms with Gasteiger partial charge in [0.1, 0.15) is 28.6 Å². The summed E-state index contributed by atoms with van der Waals surface area (Å²) in [6.07, 6.45) is 0. The first kappa shape index (κ1) is 17.3. The van der Waals surface area contributed by atoms with Gasteiger partial charge in [-0.25, -0.2) is 13.6 Å². The smallest absolute Gasteiger partial charge is 0.342 e. The van der Waals surface area contributed by atoms with Crippen LogP contribution in [-0.4, -0.2) is 23.6 Å². The van der Waals surface area contributed by atoms with Crippen LogP contribution in [0.3, 0.4) is 0 Å². The van der Waals surface area contributed by atoms with Crippen LogP contribution in [0.4, 0.5) is 14.5 Å². The number of benzene rings is 3. The maximum atomic E-state index is 13.5. The van der Waals surface area contributed by atoms with Crippen LogP contribution in [0.5, 0.6) is 5.75 Å². The molecule has 0 spiro atoms. The molecule has 0 saturated carbocycles. The lowest BCUT2D eigenvalue weighted by Crippen LogP contribution is -2.22. The predicted octanol–water partition coefficient (Wildman–Crippen LogP) is 3.62. The van der Waals surface area contributed by atoms with Gasteiger partial charge >= 0.3 is 5.97 Å². The Labute approximate surface area is 146 Å². The summed E-state index contributed by atoms with van der Waals surface area (Å²) in [4.78, 5) is 23.9. The zero-order valence-electron chi connectivity index (χ0n) is 13.3. The summed E-state index contributed by atoms with van der Waals surface area (Å²) in [7, 11) is 0. The number of phenols is 1. The minimum absolute atomic E-state index is 0.117. The van der Waals surface area contributed by atoms with Gasteiger partial charge in [-0.15, -0.1) is 0 Å². The third-order valence-corrected chi connectivity index (χ3v) is 3.68. The minimum atomic E-state index is -0.947. The summed E-state index contributed by atoms with van der Waals surface area (Å²) in [6, 6.07) is 13.0. The van der Waals surface area contributed by atoms with E-state index in [9.17, 15) is 23.5 Å². The second-order valence-electron chi connectivity index (χ2n) is 5.40. The number of anilines is 1. The van der Waals surface area contributed by atoms with Crippen LogP contribution < -0.4 is 5.32 Å². The number of amides is 1. The van der Waals surface area contributed by atoms with Crippen molar-refractivity contribution in [2.24, 2.45) is 0 Å². The van der Waals surface area contributed by atoms with Crippen LogP contribution in [0.2, 0.25) is 0 Å². The second-order valence-corrected chi connectivity index (χ2v) is 5.40. The molecule has 0 aliphatic carbocycles. The highest BCUT2D eigenvalue weighted by molar-refractivity contribution is 6.02. The van der Waals surface area contributed by atoms with Gasteiger partial charge < -0.3 is 15.2 Å². The van der Waals surface area contributed by atoms with E-state index in [-0.39, 0.29) is 11.3 Å². The monoisotopic (exact) mass is 357 g/mol. The number of para-hydroxylation sites is 1. The SMILES string of the molecule is O=C(COC(=O)c1ccc2ccccc2c1O)Nc1c(F)cccc1F. The predicted molar refractivity (Wildman–Crippen MR) is 90.9 cm³/mol. The van der Waals surface area contributed by atoms with E-state index < -0.39 is 35.8 Å². The van der Waals surface area contributed by atoms with E-state index in [4.69, 9.17) is 4.74 Å². The van der Waals surface area contributed by atoms with Crippen molar-refractivity contribution in [2.75, 3.05) is 11.9 Å². The summed E-state index contributed by atoms with van der Waals surface area (Å²) >= 11 is 0. The highest BCUT2D eigenvalue weighted by Gasteiger charge is 2.18. The molecule has 26 heavy (non-hydrogen) atoms. The summed E-state index contributed by atoms with van der Waals surface area (Å²) in [5.74, 6) is -4.01. The number of ether oxygens (including phenoxy) is 1. The lowest BCUT2D eigenvalue weighted by atomic mass is 10.1. The van der Waals surface area contributed by atoms with E-state index >= 15 is 0 Å². The lowest BCUT2D eigenvalue weighted by molar-refractivity contribution is -0.119. The number of aromatic hydroxyl groups is 1. The maximum absolute atomic E-state index is 13.5. The number of carbonyl (C=O) groups is 2. The van der Waals surface area contributed by atoms with Crippen LogP contribution in [0, 0.1) is 11.6 Å². The van der Waals surface area contributed by atoms with Crippen LogP contribution in [-0.2, 0) is 9.53 Å². The van der Waals surface area contributed by atoms with E-state index in [1.807, 2.05) is 5.32 Å². The molecule has 7 heteroatoms. The van der Waals surface area contributed by atoms with E-state index in [1.54, 1.807) is 30.3 Å². The standard InChI is InChI=1S/C19H13F2NO4/c20-14-6-3-7-15(21)17(14)22-16(23)10-26-19(25)13-9-8-11-4-1-2-5-12(11)18(13)24/h1-9,24H,10H2,(H,22,23). The molecule has 0 unspecified atom stereocenters. The molecule has 3 rings (SSSR count). The van der Waals surface area contributed by atoms with Crippen molar-refractivity contribution in [3.8, 4) is 5.75 Å². The highest BCUT2D eigenvalue weighted by Crippen LogP contribution is 2.29. The van der Waals surface area contributed by atoms with E-state index in [2.05, 4.69) is 0 Å². The number of phenolic OH excluding ortho intramolecular Hbond substituents is 1. The first-order chi connectivity index (χ1) is 12.5. The lowest BCUT2D eigenvalue weighted by Gasteiger charge is -2.10. The molecule has 0 saturated heterocycles. The Morgan fingerprint density at radius 3 is 2.38 bits per heavy atom. The molecule has 132 valence electrons. The average molecular weight is 357 g/mol. The normalized spacial score (nSPS) is 10.5. The highest BCUT2D eigenvalue weighted by atomic mass is 19.1. The fourth-order valence-electron chi connectivity index (χ4n) is 2.42. The minimum Gasteiger partial charge on any atom is -0.506 e. The summed E-state index contributed by atoms with van der Waals surface area (Å²) in [5.41, 5.74) is -0.740. The van der Waals surface area contributed by atoms with E-state index in [0.29, 0.717) is 5.39 Å². The number of hydrogen-bond donors (Lipinski definition) is 2. The van der Waals surface area contributed by atoms with Gasteiger partial charge in [-0.1, -0.05) is 36.4 Å². The quantitative estimate of drug-likeness (QED) is 0.700. The van der Waals surface area contributed by atoms with Crippen molar-refractivity contribution in [1.82, 2.24) is 0 Å². The third-order valence-electron chi connectivity index (χ3n) is 3.68. The van der Waals surface area contributed by atoms with Crippen molar-refractivity contribution in [1.29, 1.82) is 0 Å². The van der Waals surface area contributed by atoms with Gasteiger partial charge in [-0.3, -0.25) is 4.79 Å². The van der Waals surface area contributed by atoms with Crippen molar-refractivity contribution < 1.29 is 28.2 Å². The van der Waals surface area contributed by atoms with Gasteiger partial charge in [0.2, 0.25) is 0 Å². The Bertz CT molecular complexity index is 984. The van der Waals surface area contributed by atoms with Crippen molar-refractivity contribution in [2.45, 2.75) is 0 Å². The van der Waals surface area contributed by atoms with Gasteiger partial charge in [0, 0.05) is 5.39 Å². The third kappa shape index (κ3) is 3.46. The fourth-order valence-corrected chi connectivity index (χ4v) is 2.42. The molecule has 2 N–H and O–H groups in total. The van der Waals surface area contributed by atoms with Gasteiger partial charge in [0.05, 0.1) is 0 Å². The number of carbonyl (C=O) groups excluding carboxylic acids is 2. The van der Waals surface area contributed by atoms with E-state index in [0.717, 1.165) is 23.6 Å². The first-order valence-corrected chi connectivity index (χ1v) is 7.59. The molecule has 0 atom stereocenters. The van der Waals surface area contributed by atoms with Gasteiger partial charge in [-0.05, 0) is 23.6 Å². The zero-order chi connectivity index (χ0) is 18.7. The molecule has 0 radical (unpaired) electrons. The number of esters is 1.